The zero-order valence-corrected chi connectivity index (χ0v) is 21.6. The molecule has 0 bridgehead atoms. The Morgan fingerprint density at radius 3 is 2.11 bits per heavy atom. The van der Waals surface area contributed by atoms with Crippen LogP contribution in [-0.2, 0) is 10.2 Å². The van der Waals surface area contributed by atoms with Crippen LogP contribution in [0.3, 0.4) is 0 Å². The molecule has 2 aliphatic heterocycles. The first-order valence-corrected chi connectivity index (χ1v) is 14.8. The molecule has 4 rings (SSSR count). The number of rotatable bonds is 12. The topological polar surface area (TPSA) is 90.0 Å². The summed E-state index contributed by atoms with van der Waals surface area (Å²) in [6.07, 6.45) is 10.8. The molecule has 0 spiro atoms. The van der Waals surface area contributed by atoms with Crippen LogP contribution < -0.4 is 4.72 Å². The molecule has 0 unspecified atom stereocenters. The normalized spacial score (nSPS) is 20.1. The Morgan fingerprint density at radius 2 is 1.46 bits per heavy atom. The Bertz CT molecular complexity index is 936. The van der Waals surface area contributed by atoms with Gasteiger partial charge in [0.2, 0.25) is 0 Å². The summed E-state index contributed by atoms with van der Waals surface area (Å²) in [5.41, 5.74) is 0.995. The van der Waals surface area contributed by atoms with Gasteiger partial charge in [0.15, 0.2) is 0 Å². The van der Waals surface area contributed by atoms with E-state index in [1.807, 2.05) is 0 Å². The molecule has 9 heteroatoms. The zero-order valence-electron chi connectivity index (χ0n) is 20.8. The minimum Gasteiger partial charge on any atom is -0.303 e. The molecule has 3 aliphatic rings. The summed E-state index contributed by atoms with van der Waals surface area (Å²) in [6, 6.07) is 7.02. The van der Waals surface area contributed by atoms with E-state index in [9.17, 15) is 18.0 Å². The summed E-state index contributed by atoms with van der Waals surface area (Å²) in [4.78, 5) is 29.1. The van der Waals surface area contributed by atoms with Crippen molar-refractivity contribution in [2.24, 2.45) is 5.92 Å². The van der Waals surface area contributed by atoms with E-state index in [0.717, 1.165) is 51.7 Å². The Labute approximate surface area is 210 Å². The zero-order chi connectivity index (χ0) is 24.7. The fourth-order valence-electron chi connectivity index (χ4n) is 5.62. The van der Waals surface area contributed by atoms with Crippen LogP contribution >= 0.6 is 0 Å². The molecule has 8 nitrogen and oxygen atoms in total. The molecule has 194 valence electrons. The molecule has 35 heavy (non-hydrogen) atoms. The minimum atomic E-state index is -3.39. The molecule has 2 heterocycles. The molecule has 0 radical (unpaired) electrons. The van der Waals surface area contributed by atoms with Crippen molar-refractivity contribution in [2.75, 3.05) is 45.8 Å². The number of nitrogens with zero attached hydrogens (tertiary/aromatic N) is 3. The van der Waals surface area contributed by atoms with Gasteiger partial charge >= 0.3 is 0 Å². The number of imide groups is 1. The van der Waals surface area contributed by atoms with E-state index < -0.39 is 10.2 Å². The van der Waals surface area contributed by atoms with Crippen molar-refractivity contribution in [3.05, 3.63) is 35.4 Å². The summed E-state index contributed by atoms with van der Waals surface area (Å²) >= 11 is 0. The number of amides is 2. The van der Waals surface area contributed by atoms with E-state index >= 15 is 0 Å². The molecule has 1 aliphatic carbocycles. The van der Waals surface area contributed by atoms with Gasteiger partial charge in [0.05, 0.1) is 11.1 Å². The summed E-state index contributed by atoms with van der Waals surface area (Å²) in [5, 5.41) is 0. The van der Waals surface area contributed by atoms with E-state index in [4.69, 9.17) is 0 Å². The molecular weight excluding hydrogens is 464 g/mol. The monoisotopic (exact) mass is 504 g/mol. The lowest BCUT2D eigenvalue weighted by molar-refractivity contribution is 0.0645. The molecule has 1 aromatic carbocycles. The van der Waals surface area contributed by atoms with Crippen LogP contribution in [0.5, 0.6) is 0 Å². The van der Waals surface area contributed by atoms with Crippen LogP contribution in [0.4, 0.5) is 0 Å². The van der Waals surface area contributed by atoms with Gasteiger partial charge in [0, 0.05) is 32.7 Å². The number of benzene rings is 1. The van der Waals surface area contributed by atoms with E-state index in [1.54, 1.807) is 28.6 Å². The van der Waals surface area contributed by atoms with Gasteiger partial charge in [-0.2, -0.15) is 12.7 Å². The Balaban J connectivity index is 1.26. The first-order valence-electron chi connectivity index (χ1n) is 13.4. The molecule has 1 N–H and O–H groups in total. The van der Waals surface area contributed by atoms with Crippen molar-refractivity contribution in [1.29, 1.82) is 0 Å². The lowest BCUT2D eigenvalue weighted by Gasteiger charge is -2.30. The Kier molecular flexibility index (Phi) is 9.33. The van der Waals surface area contributed by atoms with Gasteiger partial charge in [-0.05, 0) is 69.7 Å². The fraction of sp³-hybridized carbons (Fsp3) is 0.692. The first-order chi connectivity index (χ1) is 17.0. The predicted molar refractivity (Wildman–Crippen MR) is 136 cm³/mol. The van der Waals surface area contributed by atoms with Gasteiger partial charge in [-0.1, -0.05) is 37.8 Å². The second-order valence-corrected chi connectivity index (χ2v) is 11.9. The SMILES string of the molecule is O=C1c2ccccc2C(=O)N1CCCN(CCCNS(=O)(=O)N1CCCCC1)CC1CCCCC1. The van der Waals surface area contributed by atoms with Gasteiger partial charge in [0.1, 0.15) is 0 Å². The largest absolute Gasteiger partial charge is 0.303 e. The highest BCUT2D eigenvalue weighted by Gasteiger charge is 2.34. The Hall–Kier alpha value is -1.81. The maximum atomic E-state index is 12.7. The smallest absolute Gasteiger partial charge is 0.279 e. The lowest BCUT2D eigenvalue weighted by Crippen LogP contribution is -2.44. The number of fused-ring (bicyclic) bond motifs is 1. The molecule has 0 atom stereocenters. The third-order valence-electron chi connectivity index (χ3n) is 7.57. The van der Waals surface area contributed by atoms with Crippen molar-refractivity contribution in [3.63, 3.8) is 0 Å². The van der Waals surface area contributed by atoms with Crippen LogP contribution in [0.25, 0.3) is 0 Å². The summed E-state index contributed by atoms with van der Waals surface area (Å²) in [5.74, 6) is 0.279. The van der Waals surface area contributed by atoms with Gasteiger partial charge in [-0.3, -0.25) is 14.5 Å². The van der Waals surface area contributed by atoms with Crippen molar-refractivity contribution < 1.29 is 18.0 Å². The quantitative estimate of drug-likeness (QED) is 0.349. The van der Waals surface area contributed by atoms with Crippen LogP contribution in [0.1, 0.15) is 84.9 Å². The van der Waals surface area contributed by atoms with Gasteiger partial charge in [0.25, 0.3) is 22.0 Å². The maximum Gasteiger partial charge on any atom is 0.279 e. The molecule has 2 fully saturated rings. The van der Waals surface area contributed by atoms with Crippen molar-refractivity contribution >= 4 is 22.0 Å². The van der Waals surface area contributed by atoms with Gasteiger partial charge in [-0.25, -0.2) is 4.72 Å². The average molecular weight is 505 g/mol. The number of carbonyl (C=O) groups is 2. The van der Waals surface area contributed by atoms with Gasteiger partial charge < -0.3 is 4.90 Å². The lowest BCUT2D eigenvalue weighted by atomic mass is 9.89. The van der Waals surface area contributed by atoms with E-state index in [-0.39, 0.29) is 11.8 Å². The summed E-state index contributed by atoms with van der Waals surface area (Å²) < 4.78 is 29.5. The second kappa shape index (κ2) is 12.4. The standard InChI is InChI=1S/C26H40N4O4S/c31-25-23-13-5-6-14-24(23)26(32)30(25)20-10-17-28(21-22-11-3-1-4-12-22)16-9-15-27-35(33,34)29-18-7-2-8-19-29/h5-6,13-14,22,27H,1-4,7-12,15-21H2. The first kappa shape index (κ1) is 26.3. The highest BCUT2D eigenvalue weighted by molar-refractivity contribution is 7.87. The van der Waals surface area contributed by atoms with E-state index in [2.05, 4.69) is 9.62 Å². The fourth-order valence-corrected chi connectivity index (χ4v) is 6.95. The van der Waals surface area contributed by atoms with E-state index in [1.165, 1.54) is 37.0 Å². The predicted octanol–water partition coefficient (Wildman–Crippen LogP) is 3.27. The third-order valence-corrected chi connectivity index (χ3v) is 9.18. The molecule has 1 saturated heterocycles. The van der Waals surface area contributed by atoms with Crippen molar-refractivity contribution in [2.45, 2.75) is 64.2 Å². The number of carbonyl (C=O) groups excluding carboxylic acids is 2. The molecule has 0 aromatic heterocycles. The summed E-state index contributed by atoms with van der Waals surface area (Å²) in [6.45, 7) is 4.67. The van der Waals surface area contributed by atoms with E-state index in [0.29, 0.717) is 43.2 Å². The molecule has 1 saturated carbocycles. The van der Waals surface area contributed by atoms with Crippen LogP contribution in [-0.4, -0.2) is 80.2 Å². The highest BCUT2D eigenvalue weighted by atomic mass is 32.2. The molecular formula is C26H40N4O4S. The van der Waals surface area contributed by atoms with Gasteiger partial charge in [-0.15, -0.1) is 0 Å². The third kappa shape index (κ3) is 6.90. The second-order valence-electron chi connectivity index (χ2n) is 10.2. The minimum absolute atomic E-state index is 0.198. The number of nitrogens with one attached hydrogen (secondary N) is 1. The van der Waals surface area contributed by atoms with Crippen molar-refractivity contribution in [1.82, 2.24) is 18.8 Å². The summed E-state index contributed by atoms with van der Waals surface area (Å²) in [7, 11) is -3.39. The molecule has 2 amide bonds. The number of hydrogen-bond acceptors (Lipinski definition) is 5. The van der Waals surface area contributed by atoms with Crippen LogP contribution in [0.2, 0.25) is 0 Å². The maximum absolute atomic E-state index is 12.7. The highest BCUT2D eigenvalue weighted by Crippen LogP contribution is 2.25. The van der Waals surface area contributed by atoms with Crippen molar-refractivity contribution in [3.8, 4) is 0 Å². The van der Waals surface area contributed by atoms with Crippen LogP contribution in [0.15, 0.2) is 24.3 Å². The molecule has 1 aromatic rings. The number of hydrogen-bond donors (Lipinski definition) is 1. The van der Waals surface area contributed by atoms with Crippen LogP contribution in [0, 0.1) is 5.92 Å². The number of piperidine rings is 1. The Morgan fingerprint density at radius 1 is 0.857 bits per heavy atom. The average Bonchev–Trinajstić information content (AvgIpc) is 3.12.